The maximum absolute atomic E-state index is 4.65. The summed E-state index contributed by atoms with van der Waals surface area (Å²) in [6.45, 7) is 2.03. The zero-order valence-corrected chi connectivity index (χ0v) is 13.5. The molecule has 1 fully saturated rings. The molecule has 1 aliphatic rings. The van der Waals surface area contributed by atoms with Gasteiger partial charge < -0.3 is 0 Å². The van der Waals surface area contributed by atoms with Crippen molar-refractivity contribution in [2.45, 2.75) is 32.1 Å². The Kier molecular flexibility index (Phi) is 3.64. The molecule has 1 saturated carbocycles. The lowest BCUT2D eigenvalue weighted by atomic mass is 9.83. The number of aromatic nitrogens is 5. The largest absolute Gasteiger partial charge is 0.232 e. The number of thiazole rings is 1. The maximum atomic E-state index is 4.65. The van der Waals surface area contributed by atoms with Crippen LogP contribution >= 0.6 is 11.3 Å². The van der Waals surface area contributed by atoms with E-state index in [1.54, 1.807) is 11.3 Å². The number of hydrogen-bond donors (Lipinski definition) is 1. The van der Waals surface area contributed by atoms with E-state index in [-0.39, 0.29) is 0 Å². The molecule has 114 valence electrons. The highest BCUT2D eigenvalue weighted by Crippen LogP contribution is 2.36. The Balaban J connectivity index is 1.62. The minimum atomic E-state index is 0.590. The highest BCUT2D eigenvalue weighted by molar-refractivity contribution is 7.10. The first-order valence-electron chi connectivity index (χ1n) is 7.62. The molecule has 1 aliphatic carbocycles. The maximum Gasteiger partial charge on any atom is 0.204 e. The van der Waals surface area contributed by atoms with Gasteiger partial charge in [0, 0.05) is 22.4 Å². The fourth-order valence-corrected chi connectivity index (χ4v) is 3.39. The van der Waals surface area contributed by atoms with Crippen molar-refractivity contribution < 1.29 is 0 Å². The van der Waals surface area contributed by atoms with Gasteiger partial charge in [-0.3, -0.25) is 0 Å². The summed E-state index contributed by atoms with van der Waals surface area (Å²) in [4.78, 5) is 4.65. The van der Waals surface area contributed by atoms with E-state index in [9.17, 15) is 0 Å². The van der Waals surface area contributed by atoms with Crippen LogP contribution in [0.15, 0.2) is 23.6 Å². The first-order valence-corrected chi connectivity index (χ1v) is 8.50. The Hall–Kier alpha value is -2.52. The van der Waals surface area contributed by atoms with Crippen LogP contribution in [-0.4, -0.2) is 25.6 Å². The van der Waals surface area contributed by atoms with E-state index in [0.717, 1.165) is 21.7 Å². The Bertz CT molecular complexity index is 881. The van der Waals surface area contributed by atoms with Crippen LogP contribution in [0.4, 0.5) is 0 Å². The van der Waals surface area contributed by atoms with Gasteiger partial charge in [0.15, 0.2) is 5.01 Å². The van der Waals surface area contributed by atoms with Gasteiger partial charge >= 0.3 is 0 Å². The molecule has 5 nitrogen and oxygen atoms in total. The molecule has 4 rings (SSSR count). The van der Waals surface area contributed by atoms with Gasteiger partial charge in [0.05, 0.1) is 5.69 Å². The molecule has 0 bridgehead atoms. The Morgan fingerprint density at radius 2 is 2.17 bits per heavy atom. The van der Waals surface area contributed by atoms with E-state index in [4.69, 9.17) is 0 Å². The van der Waals surface area contributed by atoms with Crippen LogP contribution < -0.4 is 0 Å². The summed E-state index contributed by atoms with van der Waals surface area (Å²) in [5, 5.41) is 17.2. The SMILES string of the molecule is Cc1c(C#Cc2nc(C3CCC3)cs2)cccc1-c1nn[nH]n1. The molecule has 2 aromatic heterocycles. The van der Waals surface area contributed by atoms with E-state index in [0.29, 0.717) is 11.7 Å². The third-order valence-corrected chi connectivity index (χ3v) is 5.05. The lowest BCUT2D eigenvalue weighted by molar-refractivity contribution is 0.412. The van der Waals surface area contributed by atoms with Crippen molar-refractivity contribution in [3.05, 3.63) is 45.4 Å². The van der Waals surface area contributed by atoms with Crippen molar-refractivity contribution in [1.29, 1.82) is 0 Å². The molecule has 0 spiro atoms. The standard InChI is InChI=1S/C17H15N5S/c1-11-12(4-3-7-14(11)17-19-21-22-20-17)8-9-16-18-15(10-23-16)13-5-2-6-13/h3-4,7,10,13H,2,5-6H2,1H3,(H,19,20,21,22). The molecule has 6 heteroatoms. The van der Waals surface area contributed by atoms with Crippen LogP contribution in [-0.2, 0) is 0 Å². The number of benzene rings is 1. The molecular weight excluding hydrogens is 306 g/mol. The number of nitrogens with one attached hydrogen (secondary N) is 1. The smallest absolute Gasteiger partial charge is 0.204 e. The van der Waals surface area contributed by atoms with Gasteiger partial charge in [0.2, 0.25) is 5.82 Å². The molecule has 0 saturated heterocycles. The molecule has 0 atom stereocenters. The van der Waals surface area contributed by atoms with Crippen LogP contribution in [0.5, 0.6) is 0 Å². The predicted octanol–water partition coefficient (Wildman–Crippen LogP) is 3.30. The topological polar surface area (TPSA) is 67.3 Å². The lowest BCUT2D eigenvalue weighted by Gasteiger charge is -2.22. The third kappa shape index (κ3) is 2.76. The molecule has 0 aliphatic heterocycles. The number of aromatic amines is 1. The zero-order chi connectivity index (χ0) is 15.6. The normalized spacial score (nSPS) is 14.1. The zero-order valence-electron chi connectivity index (χ0n) is 12.7. The summed E-state index contributed by atoms with van der Waals surface area (Å²) in [6, 6.07) is 5.94. The first-order chi connectivity index (χ1) is 11.3. The summed E-state index contributed by atoms with van der Waals surface area (Å²) in [6.07, 6.45) is 3.86. The minimum absolute atomic E-state index is 0.590. The van der Waals surface area contributed by atoms with Gasteiger partial charge in [-0.15, -0.1) is 21.5 Å². The summed E-state index contributed by atoms with van der Waals surface area (Å²) in [7, 11) is 0. The second-order valence-corrected chi connectivity index (χ2v) is 6.53. The van der Waals surface area contributed by atoms with Crippen LogP contribution in [0.3, 0.4) is 0 Å². The predicted molar refractivity (Wildman–Crippen MR) is 89.0 cm³/mol. The van der Waals surface area contributed by atoms with Gasteiger partial charge in [-0.05, 0) is 42.5 Å². The summed E-state index contributed by atoms with van der Waals surface area (Å²) < 4.78 is 0. The van der Waals surface area contributed by atoms with Gasteiger partial charge in [-0.25, -0.2) is 4.98 Å². The van der Waals surface area contributed by atoms with Crippen molar-refractivity contribution in [3.8, 4) is 23.2 Å². The molecule has 0 unspecified atom stereocenters. The molecule has 2 heterocycles. The Morgan fingerprint density at radius 3 is 2.91 bits per heavy atom. The Morgan fingerprint density at radius 1 is 1.26 bits per heavy atom. The van der Waals surface area contributed by atoms with Crippen molar-refractivity contribution in [1.82, 2.24) is 25.6 Å². The molecule has 1 N–H and O–H groups in total. The molecule has 0 amide bonds. The molecule has 3 aromatic rings. The van der Waals surface area contributed by atoms with Crippen molar-refractivity contribution in [2.24, 2.45) is 0 Å². The van der Waals surface area contributed by atoms with Crippen LogP contribution in [0.1, 0.15) is 47.0 Å². The lowest BCUT2D eigenvalue weighted by Crippen LogP contribution is -2.08. The summed E-state index contributed by atoms with van der Waals surface area (Å²) >= 11 is 1.63. The van der Waals surface area contributed by atoms with Crippen molar-refractivity contribution in [3.63, 3.8) is 0 Å². The third-order valence-electron chi connectivity index (χ3n) is 4.27. The van der Waals surface area contributed by atoms with Crippen LogP contribution in [0.25, 0.3) is 11.4 Å². The summed E-state index contributed by atoms with van der Waals surface area (Å²) in [5.41, 5.74) is 4.17. The molecule has 23 heavy (non-hydrogen) atoms. The fourth-order valence-electron chi connectivity index (χ4n) is 2.65. The number of tetrazole rings is 1. The second-order valence-electron chi connectivity index (χ2n) is 5.67. The van der Waals surface area contributed by atoms with E-state index in [2.05, 4.69) is 42.8 Å². The molecular formula is C17H15N5S. The number of nitrogens with zero attached hydrogens (tertiary/aromatic N) is 4. The monoisotopic (exact) mass is 321 g/mol. The number of rotatable bonds is 2. The van der Waals surface area contributed by atoms with E-state index in [1.807, 2.05) is 25.1 Å². The Labute approximate surface area is 138 Å². The number of H-pyrrole nitrogens is 1. The highest BCUT2D eigenvalue weighted by Gasteiger charge is 2.21. The first kappa shape index (κ1) is 14.1. The van der Waals surface area contributed by atoms with E-state index in [1.165, 1.54) is 25.0 Å². The van der Waals surface area contributed by atoms with E-state index >= 15 is 0 Å². The van der Waals surface area contributed by atoms with Gasteiger partial charge in [0.1, 0.15) is 0 Å². The van der Waals surface area contributed by atoms with Crippen molar-refractivity contribution >= 4 is 11.3 Å². The van der Waals surface area contributed by atoms with Gasteiger partial charge in [0.25, 0.3) is 0 Å². The highest BCUT2D eigenvalue weighted by atomic mass is 32.1. The molecule has 1 aromatic carbocycles. The average Bonchev–Trinajstić information content (AvgIpc) is 3.16. The van der Waals surface area contributed by atoms with Crippen LogP contribution in [0.2, 0.25) is 0 Å². The number of hydrogen-bond acceptors (Lipinski definition) is 5. The van der Waals surface area contributed by atoms with Crippen molar-refractivity contribution in [2.75, 3.05) is 0 Å². The fraction of sp³-hybridized carbons (Fsp3) is 0.294. The van der Waals surface area contributed by atoms with E-state index < -0.39 is 0 Å². The van der Waals surface area contributed by atoms with Gasteiger partial charge in [-0.1, -0.05) is 24.5 Å². The van der Waals surface area contributed by atoms with Gasteiger partial charge in [-0.2, -0.15) is 5.21 Å². The minimum Gasteiger partial charge on any atom is -0.232 e. The second kappa shape index (κ2) is 5.94. The van der Waals surface area contributed by atoms with Crippen LogP contribution in [0, 0.1) is 18.8 Å². The quantitative estimate of drug-likeness (QED) is 0.735. The average molecular weight is 321 g/mol. The molecule has 0 radical (unpaired) electrons. The summed E-state index contributed by atoms with van der Waals surface area (Å²) in [5.74, 6) is 7.67.